The predicted octanol–water partition coefficient (Wildman–Crippen LogP) is 4.52. The molecule has 1 saturated heterocycles. The number of rotatable bonds is 10. The van der Waals surface area contributed by atoms with Crippen LogP contribution >= 0.6 is 0 Å². The van der Waals surface area contributed by atoms with Gasteiger partial charge in [0.1, 0.15) is 35.1 Å². The molecule has 4 amide bonds. The van der Waals surface area contributed by atoms with Crippen molar-refractivity contribution in [1.82, 2.24) is 25.2 Å². The van der Waals surface area contributed by atoms with Crippen molar-refractivity contribution >= 4 is 44.6 Å². The number of sulfonamides is 1. The number of nitrogens with zero attached hydrogens (tertiary/aromatic N) is 2. The van der Waals surface area contributed by atoms with E-state index in [4.69, 9.17) is 18.9 Å². The molecule has 7 atom stereocenters. The Morgan fingerprint density at radius 3 is 2.52 bits per heavy atom. The molecule has 15 nitrogen and oxygen atoms in total. The number of nitrogens with one attached hydrogen (secondary N) is 3. The smallest absolute Gasteiger partial charge is 0.427 e. The number of hydrogen-bond acceptors (Lipinski definition) is 11. The number of methoxy groups -OCH3 is 1. The molecule has 330 valence electrons. The molecule has 6 rings (SSSR count). The topological polar surface area (TPSA) is 192 Å². The van der Waals surface area contributed by atoms with Gasteiger partial charge in [-0.25, -0.2) is 27.0 Å². The number of benzene rings is 1. The summed E-state index contributed by atoms with van der Waals surface area (Å²) in [4.78, 5) is 61.6. The van der Waals surface area contributed by atoms with Gasteiger partial charge in [0.05, 0.1) is 25.9 Å². The lowest BCUT2D eigenvalue weighted by Crippen LogP contribution is -2.61. The second-order valence-corrected chi connectivity index (χ2v) is 18.3. The minimum atomic E-state index is -4.99. The fourth-order valence-corrected chi connectivity index (χ4v) is 8.88. The maximum Gasteiger partial charge on any atom is 0.427 e. The molecule has 3 N–H and O–H groups in total. The van der Waals surface area contributed by atoms with Crippen LogP contribution in [-0.2, 0) is 33.9 Å². The van der Waals surface area contributed by atoms with Crippen molar-refractivity contribution in [1.29, 1.82) is 0 Å². The number of fused-ring (bicyclic) bond motifs is 3. The van der Waals surface area contributed by atoms with E-state index >= 15 is 0 Å². The second kappa shape index (κ2) is 16.6. The molecule has 60 heavy (non-hydrogen) atoms. The van der Waals surface area contributed by atoms with Crippen LogP contribution in [0.25, 0.3) is 10.8 Å². The summed E-state index contributed by atoms with van der Waals surface area (Å²) in [5.41, 5.74) is -4.81. The number of pyridine rings is 1. The SMILES string of the molecule is CCC1OC(C)CCC=CC2CC2(C(=O)NS(=O)(=O)C2(CF)CC2)NC(=O)C2CC(Oc3nccc4cc(OC)c(F)cc34)CN2C(=O)C1NC(=O)OC(C)(C)C(F)(F)F. The molecule has 0 radical (unpaired) electrons. The quantitative estimate of drug-likeness (QED) is 0.225. The number of aromatic nitrogens is 1. The summed E-state index contributed by atoms with van der Waals surface area (Å²) in [6, 6.07) is 0.887. The number of hydrogen-bond donors (Lipinski definition) is 3. The van der Waals surface area contributed by atoms with Gasteiger partial charge in [0, 0.05) is 23.9 Å². The van der Waals surface area contributed by atoms with Crippen LogP contribution in [0.4, 0.5) is 26.7 Å². The van der Waals surface area contributed by atoms with Gasteiger partial charge in [0.15, 0.2) is 11.6 Å². The van der Waals surface area contributed by atoms with E-state index in [0.717, 1.165) is 11.0 Å². The van der Waals surface area contributed by atoms with Gasteiger partial charge >= 0.3 is 12.3 Å². The summed E-state index contributed by atoms with van der Waals surface area (Å²) in [5.74, 6) is -4.61. The number of alkyl halides is 4. The van der Waals surface area contributed by atoms with Crippen molar-refractivity contribution in [3.8, 4) is 11.6 Å². The van der Waals surface area contributed by atoms with Gasteiger partial charge in [0.2, 0.25) is 33.3 Å². The lowest BCUT2D eigenvalue weighted by atomic mass is 10.0. The van der Waals surface area contributed by atoms with Crippen molar-refractivity contribution in [3.05, 3.63) is 42.4 Å². The maximum atomic E-state index is 14.9. The first-order valence-electron chi connectivity index (χ1n) is 19.5. The van der Waals surface area contributed by atoms with Crippen LogP contribution in [0.2, 0.25) is 0 Å². The summed E-state index contributed by atoms with van der Waals surface area (Å²) in [6.07, 6.45) is -4.29. The van der Waals surface area contributed by atoms with Gasteiger partial charge in [-0.2, -0.15) is 13.2 Å². The Hall–Kier alpha value is -4.79. The van der Waals surface area contributed by atoms with Crippen molar-refractivity contribution in [2.45, 2.75) is 125 Å². The third kappa shape index (κ3) is 8.82. The van der Waals surface area contributed by atoms with Crippen LogP contribution in [0, 0.1) is 11.7 Å². The normalized spacial score (nSPS) is 28.3. The molecule has 3 heterocycles. The number of carbonyl (C=O) groups excluding carboxylic acids is 4. The fourth-order valence-electron chi connectivity index (χ4n) is 7.46. The molecule has 4 aliphatic rings. The maximum absolute atomic E-state index is 14.9. The molecule has 2 saturated carbocycles. The number of allylic oxidation sites excluding steroid dienone is 1. The first kappa shape index (κ1) is 44.8. The molecule has 0 bridgehead atoms. The standard InChI is InChI=1S/C39H48F5N5O10S/c1-6-28-30(46-35(53)59-36(3,4)39(42,43)44)33(51)49-19-24(58-32-25-17-26(41)29(56-5)15-22(25)11-14-45-32)16-27(49)31(50)47-38(18-23(38)10-8-7-9-21(2)57-28)34(52)48-60(54,55)37(20-40)12-13-37/h8,10-11,14-15,17,21,23-24,27-28,30H,6-7,9,12-13,16,18-20H2,1-5H3,(H,46,53)(H,47,50)(H,48,52). The summed E-state index contributed by atoms with van der Waals surface area (Å²) in [5, 5.41) is 5.59. The first-order valence-corrected chi connectivity index (χ1v) is 21.0. The Kier molecular flexibility index (Phi) is 12.4. The van der Waals surface area contributed by atoms with Gasteiger partial charge in [-0.15, -0.1) is 0 Å². The summed E-state index contributed by atoms with van der Waals surface area (Å²) in [6.45, 7) is 2.95. The van der Waals surface area contributed by atoms with E-state index in [2.05, 4.69) is 15.6 Å². The zero-order chi connectivity index (χ0) is 44.0. The zero-order valence-electron chi connectivity index (χ0n) is 33.6. The van der Waals surface area contributed by atoms with Crippen LogP contribution in [0.1, 0.15) is 72.6 Å². The summed E-state index contributed by atoms with van der Waals surface area (Å²) >= 11 is 0. The largest absolute Gasteiger partial charge is 0.494 e. The van der Waals surface area contributed by atoms with E-state index in [1.54, 1.807) is 32.1 Å². The van der Waals surface area contributed by atoms with E-state index in [1.807, 2.05) is 4.72 Å². The molecule has 7 unspecified atom stereocenters. The van der Waals surface area contributed by atoms with Crippen LogP contribution in [-0.4, -0.2) is 115 Å². The van der Waals surface area contributed by atoms with E-state index < -0.39 is 111 Å². The van der Waals surface area contributed by atoms with E-state index in [9.17, 15) is 49.5 Å². The molecular weight excluding hydrogens is 826 g/mol. The minimum Gasteiger partial charge on any atom is -0.494 e. The number of ether oxygens (including phenoxy) is 4. The van der Waals surface area contributed by atoms with E-state index in [-0.39, 0.29) is 49.1 Å². The second-order valence-electron chi connectivity index (χ2n) is 16.2. The summed E-state index contributed by atoms with van der Waals surface area (Å²) in [7, 11) is -3.22. The van der Waals surface area contributed by atoms with Gasteiger partial charge in [-0.3, -0.25) is 19.1 Å². The van der Waals surface area contributed by atoms with Crippen molar-refractivity contribution < 1.29 is 68.5 Å². The summed E-state index contributed by atoms with van der Waals surface area (Å²) < 4.78 is 119. The van der Waals surface area contributed by atoms with Crippen LogP contribution in [0.5, 0.6) is 11.6 Å². The lowest BCUT2D eigenvalue weighted by molar-refractivity contribution is -0.244. The molecule has 2 aliphatic heterocycles. The highest BCUT2D eigenvalue weighted by Gasteiger charge is 2.64. The van der Waals surface area contributed by atoms with Crippen molar-refractivity contribution in [3.63, 3.8) is 0 Å². The number of amides is 4. The monoisotopic (exact) mass is 873 g/mol. The average Bonchev–Trinajstić information content (AvgIpc) is 4.08. The van der Waals surface area contributed by atoms with Crippen LogP contribution in [0.15, 0.2) is 36.5 Å². The Labute approximate surface area is 343 Å². The Morgan fingerprint density at radius 1 is 1.17 bits per heavy atom. The highest BCUT2D eigenvalue weighted by molar-refractivity contribution is 7.91. The third-order valence-corrected chi connectivity index (χ3v) is 13.7. The number of alkyl carbamates (subject to hydrolysis) is 1. The fraction of sp³-hybridized carbons (Fsp3) is 0.615. The molecule has 2 aliphatic carbocycles. The Morgan fingerprint density at radius 2 is 1.88 bits per heavy atom. The van der Waals surface area contributed by atoms with Crippen LogP contribution in [0.3, 0.4) is 0 Å². The average molecular weight is 874 g/mol. The van der Waals surface area contributed by atoms with E-state index in [1.165, 1.54) is 19.4 Å². The molecule has 1 aromatic heterocycles. The number of carbonyl (C=O) groups is 4. The molecule has 21 heteroatoms. The van der Waals surface area contributed by atoms with Crippen molar-refractivity contribution in [2.24, 2.45) is 5.92 Å². The first-order chi connectivity index (χ1) is 28.1. The predicted molar refractivity (Wildman–Crippen MR) is 203 cm³/mol. The third-order valence-electron chi connectivity index (χ3n) is 11.6. The molecule has 1 aromatic carbocycles. The molecule has 0 spiro atoms. The molecular formula is C39H48F5N5O10S. The lowest BCUT2D eigenvalue weighted by Gasteiger charge is -2.35. The molecule has 3 fully saturated rings. The Balaban J connectivity index is 1.38. The highest BCUT2D eigenvalue weighted by atomic mass is 32.2. The van der Waals surface area contributed by atoms with Gasteiger partial charge in [-0.05, 0) is 82.9 Å². The zero-order valence-corrected chi connectivity index (χ0v) is 34.4. The van der Waals surface area contributed by atoms with Crippen LogP contribution < -0.4 is 24.8 Å². The van der Waals surface area contributed by atoms with Gasteiger partial charge < -0.3 is 34.5 Å². The van der Waals surface area contributed by atoms with Gasteiger partial charge in [-0.1, -0.05) is 19.1 Å². The number of halogens is 5. The Bertz CT molecular complexity index is 2150. The van der Waals surface area contributed by atoms with Gasteiger partial charge in [0.25, 0.3) is 5.91 Å². The highest BCUT2D eigenvalue weighted by Crippen LogP contribution is 2.48. The minimum absolute atomic E-state index is 0.00344. The molecule has 2 aromatic rings. The van der Waals surface area contributed by atoms with Crippen molar-refractivity contribution in [2.75, 3.05) is 20.3 Å². The van der Waals surface area contributed by atoms with E-state index in [0.29, 0.717) is 32.1 Å².